The van der Waals surface area contributed by atoms with Gasteiger partial charge in [0.1, 0.15) is 0 Å². The third-order valence-electron chi connectivity index (χ3n) is 0.786. The van der Waals surface area contributed by atoms with Gasteiger partial charge in [-0.3, -0.25) is 0 Å². The van der Waals surface area contributed by atoms with Crippen LogP contribution in [-0.4, -0.2) is 25.4 Å². The van der Waals surface area contributed by atoms with E-state index in [4.69, 9.17) is 0 Å². The molecule has 0 aromatic rings. The van der Waals surface area contributed by atoms with E-state index in [0.717, 1.165) is 6.42 Å². The SMILES string of the molecule is CN(C)[C-]=O.[CH2-]CCCC.[Zn+2]. The van der Waals surface area contributed by atoms with Gasteiger partial charge in [0.25, 0.3) is 0 Å². The third-order valence-corrected chi connectivity index (χ3v) is 0.786. The van der Waals surface area contributed by atoms with Crippen LogP contribution in [0.25, 0.3) is 0 Å². The van der Waals surface area contributed by atoms with Crippen LogP contribution in [0.3, 0.4) is 0 Å². The standard InChI is InChI=1S/C5H11.C3H6NO.Zn/c1-3-5-4-2;1-4(2)3-5;/h1,3-5H2,2H3;1-2H3;/q2*-1;+2. The maximum absolute atomic E-state index is 9.31. The fraction of sp³-hybridized carbons (Fsp3) is 0.750. The van der Waals surface area contributed by atoms with Gasteiger partial charge < -0.3 is 16.6 Å². The van der Waals surface area contributed by atoms with Gasteiger partial charge >= 0.3 is 19.5 Å². The van der Waals surface area contributed by atoms with Crippen LogP contribution in [0.15, 0.2) is 0 Å². The Labute approximate surface area is 83.1 Å². The van der Waals surface area contributed by atoms with Crippen molar-refractivity contribution in [1.82, 2.24) is 4.90 Å². The van der Waals surface area contributed by atoms with Crippen molar-refractivity contribution >= 4 is 6.41 Å². The maximum Gasteiger partial charge on any atom is 2.00 e. The molecular formula is C8H17NOZn. The quantitative estimate of drug-likeness (QED) is 0.392. The van der Waals surface area contributed by atoms with Crippen LogP contribution in [0.5, 0.6) is 0 Å². The minimum atomic E-state index is 0. The van der Waals surface area contributed by atoms with E-state index in [2.05, 4.69) is 13.8 Å². The molecule has 1 amide bonds. The smallest absolute Gasteiger partial charge is 0.522 e. The van der Waals surface area contributed by atoms with Gasteiger partial charge in [0.15, 0.2) is 0 Å². The predicted octanol–water partition coefficient (Wildman–Crippen LogP) is 1.62. The van der Waals surface area contributed by atoms with Gasteiger partial charge in [-0.15, -0.1) is 0 Å². The van der Waals surface area contributed by atoms with E-state index in [1.54, 1.807) is 20.5 Å². The average molecular weight is 209 g/mol. The molecular weight excluding hydrogens is 191 g/mol. The van der Waals surface area contributed by atoms with E-state index in [1.807, 2.05) is 0 Å². The molecule has 0 fully saturated rings. The summed E-state index contributed by atoms with van der Waals surface area (Å²) in [6.07, 6.45) is 5.26. The Hall–Kier alpha value is 0.0934. The summed E-state index contributed by atoms with van der Waals surface area (Å²) < 4.78 is 0. The molecule has 0 bridgehead atoms. The summed E-state index contributed by atoms with van der Waals surface area (Å²) >= 11 is 0. The molecule has 11 heavy (non-hydrogen) atoms. The Bertz CT molecular complexity index is 65.1. The molecule has 0 unspecified atom stereocenters. The summed E-state index contributed by atoms with van der Waals surface area (Å²) in [4.78, 5) is 10.6. The van der Waals surface area contributed by atoms with Gasteiger partial charge in [0.05, 0.1) is 0 Å². The summed E-state index contributed by atoms with van der Waals surface area (Å²) in [7, 11) is 3.26. The summed E-state index contributed by atoms with van der Waals surface area (Å²) in [5, 5.41) is 0. The fourth-order valence-electron chi connectivity index (χ4n) is 0.250. The van der Waals surface area contributed by atoms with Gasteiger partial charge in [-0.05, 0) is 14.1 Å². The van der Waals surface area contributed by atoms with Gasteiger partial charge in [0, 0.05) is 0 Å². The first-order valence-electron chi connectivity index (χ1n) is 3.53. The van der Waals surface area contributed by atoms with Crippen molar-refractivity contribution in [3.05, 3.63) is 6.92 Å². The van der Waals surface area contributed by atoms with Crippen molar-refractivity contribution in [3.8, 4) is 0 Å². The second-order valence-electron chi connectivity index (χ2n) is 2.19. The molecule has 0 radical (unpaired) electrons. The minimum Gasteiger partial charge on any atom is -0.522 e. The van der Waals surface area contributed by atoms with E-state index >= 15 is 0 Å². The molecule has 62 valence electrons. The molecule has 0 rings (SSSR count). The first-order valence-corrected chi connectivity index (χ1v) is 3.53. The normalized spacial score (nSPS) is 6.91. The molecule has 0 aliphatic heterocycles. The zero-order chi connectivity index (χ0) is 8.41. The zero-order valence-electron chi connectivity index (χ0n) is 7.89. The first kappa shape index (κ1) is 17.3. The molecule has 0 saturated carbocycles. The molecule has 0 spiro atoms. The number of carbonyl (C=O) groups excluding carboxylic acids is 1. The second kappa shape index (κ2) is 16.6. The number of rotatable bonds is 3. The Morgan fingerprint density at radius 3 is 1.82 bits per heavy atom. The van der Waals surface area contributed by atoms with Gasteiger partial charge in [0.2, 0.25) is 0 Å². The Morgan fingerprint density at radius 1 is 1.45 bits per heavy atom. The molecule has 0 saturated heterocycles. The van der Waals surface area contributed by atoms with Crippen molar-refractivity contribution in [2.75, 3.05) is 14.1 Å². The van der Waals surface area contributed by atoms with E-state index in [9.17, 15) is 4.79 Å². The molecule has 2 nitrogen and oxygen atoms in total. The maximum atomic E-state index is 9.31. The summed E-state index contributed by atoms with van der Waals surface area (Å²) in [5.41, 5.74) is 0. The molecule has 0 atom stereocenters. The van der Waals surface area contributed by atoms with Crippen molar-refractivity contribution in [2.45, 2.75) is 26.2 Å². The Balaban J connectivity index is -0.000000107. The molecule has 0 N–H and O–H groups in total. The number of nitrogens with zero attached hydrogens (tertiary/aromatic N) is 1. The van der Waals surface area contributed by atoms with E-state index in [0.29, 0.717) is 0 Å². The number of hydrogen-bond acceptors (Lipinski definition) is 1. The largest absolute Gasteiger partial charge is 2.00 e. The monoisotopic (exact) mass is 207 g/mol. The summed E-state index contributed by atoms with van der Waals surface area (Å²) in [6.45, 7) is 5.85. The molecule has 0 aliphatic rings. The van der Waals surface area contributed by atoms with Crippen molar-refractivity contribution in [1.29, 1.82) is 0 Å². The third kappa shape index (κ3) is 39.5. The predicted molar refractivity (Wildman–Crippen MR) is 44.3 cm³/mol. The van der Waals surface area contributed by atoms with Gasteiger partial charge in [-0.2, -0.15) is 12.8 Å². The topological polar surface area (TPSA) is 20.3 Å². The van der Waals surface area contributed by atoms with Crippen LogP contribution in [0.4, 0.5) is 0 Å². The Kier molecular flexibility index (Phi) is 26.0. The number of unbranched alkanes of at least 4 members (excludes halogenated alkanes) is 2. The van der Waals surface area contributed by atoms with Crippen molar-refractivity contribution in [2.24, 2.45) is 0 Å². The first-order chi connectivity index (χ1) is 4.68. The minimum absolute atomic E-state index is 0. The number of amides is 1. The summed E-state index contributed by atoms with van der Waals surface area (Å²) in [5.74, 6) is 0. The molecule has 3 heteroatoms. The summed E-state index contributed by atoms with van der Waals surface area (Å²) in [6, 6.07) is 0. The Morgan fingerprint density at radius 2 is 1.82 bits per heavy atom. The molecule has 0 heterocycles. The van der Waals surface area contributed by atoms with Crippen LogP contribution >= 0.6 is 0 Å². The fourth-order valence-corrected chi connectivity index (χ4v) is 0.250. The van der Waals surface area contributed by atoms with Crippen LogP contribution in [0.1, 0.15) is 26.2 Å². The molecule has 0 aliphatic carbocycles. The van der Waals surface area contributed by atoms with Gasteiger partial charge in [-0.1, -0.05) is 19.8 Å². The van der Waals surface area contributed by atoms with Crippen molar-refractivity contribution < 1.29 is 24.3 Å². The second-order valence-corrected chi connectivity index (χ2v) is 2.19. The van der Waals surface area contributed by atoms with Crippen molar-refractivity contribution in [3.63, 3.8) is 0 Å². The van der Waals surface area contributed by atoms with Gasteiger partial charge in [-0.25, -0.2) is 0 Å². The molecule has 0 aromatic carbocycles. The molecule has 0 aromatic heterocycles. The number of hydrogen-bond donors (Lipinski definition) is 0. The van der Waals surface area contributed by atoms with Crippen LogP contribution in [0, 0.1) is 6.92 Å². The zero-order valence-corrected chi connectivity index (χ0v) is 10.9. The van der Waals surface area contributed by atoms with E-state index < -0.39 is 0 Å². The van der Waals surface area contributed by atoms with E-state index in [-0.39, 0.29) is 19.5 Å². The average Bonchev–Trinajstić information content (AvgIpc) is 1.91. The van der Waals surface area contributed by atoms with Crippen LogP contribution in [-0.2, 0) is 24.3 Å². The van der Waals surface area contributed by atoms with E-state index in [1.165, 1.54) is 17.7 Å². The van der Waals surface area contributed by atoms with Crippen LogP contribution < -0.4 is 0 Å². The van der Waals surface area contributed by atoms with Crippen LogP contribution in [0.2, 0.25) is 0 Å².